The molecule has 8 heteroatoms. The summed E-state index contributed by atoms with van der Waals surface area (Å²) in [5.41, 5.74) is -0.0199. The van der Waals surface area contributed by atoms with Crippen LogP contribution in [0.1, 0.15) is 16.9 Å². The zero-order valence-corrected chi connectivity index (χ0v) is 12.3. The van der Waals surface area contributed by atoms with Crippen molar-refractivity contribution in [2.45, 2.75) is 12.5 Å². The van der Waals surface area contributed by atoms with Gasteiger partial charge in [0.1, 0.15) is 0 Å². The number of hydrogen-bond donors (Lipinski definition) is 0. The molecular weight excluding hydrogens is 276 g/mol. The number of esters is 1. The minimum Gasteiger partial charge on any atom is -0.464 e. The van der Waals surface area contributed by atoms with Crippen molar-refractivity contribution in [3.05, 3.63) is 27.9 Å². The lowest BCUT2D eigenvalue weighted by Gasteiger charge is -2.21. The predicted octanol–water partition coefficient (Wildman–Crippen LogP) is 0.917. The molecule has 1 unspecified atom stereocenters. The van der Waals surface area contributed by atoms with Crippen molar-refractivity contribution in [2.75, 3.05) is 39.2 Å². The van der Waals surface area contributed by atoms with Gasteiger partial charge < -0.3 is 14.5 Å². The molecule has 0 radical (unpaired) electrons. The Balaban J connectivity index is 2.36. The third-order valence-electron chi connectivity index (χ3n) is 3.64. The molecule has 1 fully saturated rings. The molecule has 1 atom stereocenters. The fourth-order valence-corrected chi connectivity index (χ4v) is 2.39. The number of nitro groups is 1. The maximum Gasteiger partial charge on any atom is 0.356 e. The Hall–Kier alpha value is -2.22. The van der Waals surface area contributed by atoms with Crippen LogP contribution in [0.3, 0.4) is 0 Å². The minimum absolute atomic E-state index is 0.0754. The molecule has 0 amide bonds. The third kappa shape index (κ3) is 3.10. The van der Waals surface area contributed by atoms with Gasteiger partial charge in [-0.2, -0.15) is 0 Å². The number of anilines is 1. The van der Waals surface area contributed by atoms with Crippen LogP contribution in [0.4, 0.5) is 11.5 Å². The fourth-order valence-electron chi connectivity index (χ4n) is 2.39. The summed E-state index contributed by atoms with van der Waals surface area (Å²) in [6.07, 6.45) is 0.897. The van der Waals surface area contributed by atoms with Crippen molar-refractivity contribution < 1.29 is 14.5 Å². The second-order valence-corrected chi connectivity index (χ2v) is 5.14. The van der Waals surface area contributed by atoms with Crippen LogP contribution in [-0.2, 0) is 4.74 Å². The monoisotopic (exact) mass is 294 g/mol. The lowest BCUT2D eigenvalue weighted by Crippen LogP contribution is -2.32. The summed E-state index contributed by atoms with van der Waals surface area (Å²) in [4.78, 5) is 30.3. The number of likely N-dealkylation sites (N-methyl/N-ethyl adjacent to an activating group) is 1. The van der Waals surface area contributed by atoms with E-state index in [4.69, 9.17) is 0 Å². The van der Waals surface area contributed by atoms with Gasteiger partial charge in [-0.05, 0) is 26.6 Å². The van der Waals surface area contributed by atoms with E-state index in [-0.39, 0.29) is 17.2 Å². The molecule has 2 heterocycles. The molecule has 1 aromatic heterocycles. The van der Waals surface area contributed by atoms with E-state index in [0.717, 1.165) is 6.42 Å². The van der Waals surface area contributed by atoms with Crippen LogP contribution in [0, 0.1) is 10.1 Å². The summed E-state index contributed by atoms with van der Waals surface area (Å²) in [5, 5.41) is 11.2. The molecule has 0 saturated carbocycles. The van der Waals surface area contributed by atoms with Gasteiger partial charge in [-0.25, -0.2) is 9.78 Å². The summed E-state index contributed by atoms with van der Waals surface area (Å²) >= 11 is 0. The second kappa shape index (κ2) is 6.04. The Morgan fingerprint density at radius 1 is 1.52 bits per heavy atom. The quantitative estimate of drug-likeness (QED) is 0.463. The highest BCUT2D eigenvalue weighted by Crippen LogP contribution is 2.29. The number of carbonyl (C=O) groups excluding carboxylic acids is 1. The molecule has 21 heavy (non-hydrogen) atoms. The highest BCUT2D eigenvalue weighted by molar-refractivity contribution is 5.88. The topological polar surface area (TPSA) is 88.8 Å². The molecule has 2 rings (SSSR count). The Bertz CT molecular complexity index is 561. The smallest absolute Gasteiger partial charge is 0.356 e. The van der Waals surface area contributed by atoms with Crippen LogP contribution in [-0.4, -0.2) is 61.1 Å². The molecule has 0 spiro atoms. The summed E-state index contributed by atoms with van der Waals surface area (Å²) in [5.74, 6) is -0.373. The van der Waals surface area contributed by atoms with Gasteiger partial charge in [-0.15, -0.1) is 0 Å². The van der Waals surface area contributed by atoms with E-state index >= 15 is 0 Å². The van der Waals surface area contributed by atoms with E-state index in [1.807, 2.05) is 19.0 Å². The highest BCUT2D eigenvalue weighted by atomic mass is 16.6. The van der Waals surface area contributed by atoms with Crippen LogP contribution >= 0.6 is 0 Å². The number of carbonyl (C=O) groups is 1. The number of ether oxygens (including phenoxy) is 1. The van der Waals surface area contributed by atoms with E-state index in [0.29, 0.717) is 19.1 Å². The van der Waals surface area contributed by atoms with E-state index in [2.05, 4.69) is 14.6 Å². The summed E-state index contributed by atoms with van der Waals surface area (Å²) in [6, 6.07) is 2.93. The van der Waals surface area contributed by atoms with Gasteiger partial charge >= 0.3 is 11.7 Å². The van der Waals surface area contributed by atoms with Gasteiger partial charge in [0, 0.05) is 25.2 Å². The molecule has 0 bridgehead atoms. The van der Waals surface area contributed by atoms with Crippen molar-refractivity contribution >= 4 is 17.5 Å². The molecule has 1 aliphatic rings. The largest absolute Gasteiger partial charge is 0.464 e. The van der Waals surface area contributed by atoms with Crippen LogP contribution in [0.15, 0.2) is 12.1 Å². The van der Waals surface area contributed by atoms with E-state index in [1.54, 1.807) is 0 Å². The Morgan fingerprint density at radius 3 is 2.76 bits per heavy atom. The SMILES string of the molecule is COC(=O)c1ccc([N+](=O)[O-])c(N2CCC(N(C)C)C2)n1. The molecule has 1 saturated heterocycles. The van der Waals surface area contributed by atoms with Gasteiger partial charge in [0.15, 0.2) is 5.69 Å². The highest BCUT2D eigenvalue weighted by Gasteiger charge is 2.30. The number of nitrogens with zero attached hydrogens (tertiary/aromatic N) is 4. The maximum atomic E-state index is 11.6. The van der Waals surface area contributed by atoms with E-state index < -0.39 is 10.9 Å². The van der Waals surface area contributed by atoms with E-state index in [9.17, 15) is 14.9 Å². The van der Waals surface area contributed by atoms with Crippen LogP contribution in [0.25, 0.3) is 0 Å². The minimum atomic E-state index is -0.602. The Kier molecular flexibility index (Phi) is 4.37. The number of pyridine rings is 1. The lowest BCUT2D eigenvalue weighted by molar-refractivity contribution is -0.384. The maximum absolute atomic E-state index is 11.6. The molecule has 1 aliphatic heterocycles. The first-order valence-corrected chi connectivity index (χ1v) is 6.59. The molecule has 0 aromatic carbocycles. The second-order valence-electron chi connectivity index (χ2n) is 5.14. The first-order chi connectivity index (χ1) is 9.93. The summed E-state index contributed by atoms with van der Waals surface area (Å²) in [7, 11) is 5.20. The van der Waals surface area contributed by atoms with Gasteiger partial charge in [-0.3, -0.25) is 10.1 Å². The third-order valence-corrected chi connectivity index (χ3v) is 3.64. The summed E-state index contributed by atoms with van der Waals surface area (Å²) < 4.78 is 4.62. The molecule has 0 N–H and O–H groups in total. The van der Waals surface area contributed by atoms with Crippen molar-refractivity contribution in [1.82, 2.24) is 9.88 Å². The number of methoxy groups -OCH3 is 1. The Labute approximate surface area is 122 Å². The van der Waals surface area contributed by atoms with Crippen molar-refractivity contribution in [3.63, 3.8) is 0 Å². The van der Waals surface area contributed by atoms with E-state index in [1.165, 1.54) is 19.2 Å². The summed E-state index contributed by atoms with van der Waals surface area (Å²) in [6.45, 7) is 1.31. The molecule has 1 aromatic rings. The average molecular weight is 294 g/mol. The number of aromatic nitrogens is 1. The van der Waals surface area contributed by atoms with Crippen molar-refractivity contribution in [3.8, 4) is 0 Å². The predicted molar refractivity (Wildman–Crippen MR) is 76.5 cm³/mol. The molecule has 8 nitrogen and oxygen atoms in total. The zero-order valence-electron chi connectivity index (χ0n) is 12.3. The lowest BCUT2D eigenvalue weighted by atomic mass is 10.2. The number of hydrogen-bond acceptors (Lipinski definition) is 7. The molecule has 114 valence electrons. The molecular formula is C13H18N4O4. The van der Waals surface area contributed by atoms with Crippen LogP contribution in [0.2, 0.25) is 0 Å². The van der Waals surface area contributed by atoms with Gasteiger partial charge in [-0.1, -0.05) is 0 Å². The average Bonchev–Trinajstić information content (AvgIpc) is 2.95. The zero-order chi connectivity index (χ0) is 15.6. The standard InChI is InChI=1S/C13H18N4O4/c1-15(2)9-6-7-16(8-9)12-11(17(19)20)5-4-10(14-12)13(18)21-3/h4-5,9H,6-8H2,1-3H3. The van der Waals surface area contributed by atoms with Gasteiger partial charge in [0.25, 0.3) is 0 Å². The normalized spacial score (nSPS) is 18.1. The van der Waals surface area contributed by atoms with Crippen LogP contribution in [0.5, 0.6) is 0 Å². The van der Waals surface area contributed by atoms with Crippen LogP contribution < -0.4 is 4.90 Å². The fraction of sp³-hybridized carbons (Fsp3) is 0.538. The van der Waals surface area contributed by atoms with Gasteiger partial charge in [0.05, 0.1) is 12.0 Å². The van der Waals surface area contributed by atoms with Crippen molar-refractivity contribution in [2.24, 2.45) is 0 Å². The molecule has 0 aliphatic carbocycles. The Morgan fingerprint density at radius 2 is 2.24 bits per heavy atom. The number of rotatable bonds is 4. The van der Waals surface area contributed by atoms with Crippen molar-refractivity contribution in [1.29, 1.82) is 0 Å². The first kappa shape index (κ1) is 15.2. The first-order valence-electron chi connectivity index (χ1n) is 6.59. The van der Waals surface area contributed by atoms with Gasteiger partial charge in [0.2, 0.25) is 5.82 Å².